The molecule has 0 radical (unpaired) electrons. The second-order valence-electron chi connectivity index (χ2n) is 7.19. The van der Waals surface area contributed by atoms with Crippen LogP contribution in [0.2, 0.25) is 0 Å². The normalized spacial score (nSPS) is 16.8. The Balaban J connectivity index is 1.65. The highest BCUT2D eigenvalue weighted by atomic mass is 16.5. The summed E-state index contributed by atoms with van der Waals surface area (Å²) in [4.78, 5) is 34.9. The third-order valence-corrected chi connectivity index (χ3v) is 5.31. The van der Waals surface area contributed by atoms with Crippen molar-refractivity contribution in [3.63, 3.8) is 0 Å². The quantitative estimate of drug-likeness (QED) is 0.528. The first kappa shape index (κ1) is 17.7. The van der Waals surface area contributed by atoms with Crippen molar-refractivity contribution in [2.24, 2.45) is 0 Å². The molecule has 1 N–H and O–H groups in total. The van der Waals surface area contributed by atoms with Crippen LogP contribution in [0.15, 0.2) is 40.2 Å². The molecule has 1 aliphatic rings. The van der Waals surface area contributed by atoms with E-state index in [1.165, 1.54) is 4.57 Å². The van der Waals surface area contributed by atoms with Crippen molar-refractivity contribution in [1.82, 2.24) is 29.3 Å². The molecule has 148 valence electrons. The van der Waals surface area contributed by atoms with Crippen molar-refractivity contribution in [3.8, 4) is 5.95 Å². The lowest BCUT2D eigenvalue weighted by Gasteiger charge is -2.12. The Bertz CT molecular complexity index is 1330. The van der Waals surface area contributed by atoms with Gasteiger partial charge < -0.3 is 9.30 Å². The third kappa shape index (κ3) is 3.03. The molecule has 4 aromatic rings. The predicted octanol–water partition coefficient (Wildman–Crippen LogP) is 1.56. The lowest BCUT2D eigenvalue weighted by atomic mass is 10.2. The maximum Gasteiger partial charge on any atom is 0.267 e. The average molecular weight is 392 g/mol. The smallest absolute Gasteiger partial charge is 0.267 e. The molecule has 0 saturated carbocycles. The van der Waals surface area contributed by atoms with Gasteiger partial charge in [-0.25, -0.2) is 9.55 Å². The highest BCUT2D eigenvalue weighted by Crippen LogP contribution is 2.17. The number of aromatic amines is 1. The van der Waals surface area contributed by atoms with Gasteiger partial charge >= 0.3 is 0 Å². The molecule has 1 aliphatic heterocycles. The predicted molar refractivity (Wildman–Crippen MR) is 107 cm³/mol. The van der Waals surface area contributed by atoms with Gasteiger partial charge in [-0.1, -0.05) is 6.92 Å². The molecule has 5 heterocycles. The number of aromatic nitrogens is 6. The molecule has 9 heteroatoms. The molecular weight excluding hydrogens is 372 g/mol. The van der Waals surface area contributed by atoms with Gasteiger partial charge in [0.15, 0.2) is 0 Å². The maximum absolute atomic E-state index is 13.0. The van der Waals surface area contributed by atoms with Crippen molar-refractivity contribution in [1.29, 1.82) is 0 Å². The average Bonchev–Trinajstić information content (AvgIpc) is 3.42. The summed E-state index contributed by atoms with van der Waals surface area (Å²) in [5, 5.41) is 7.68. The van der Waals surface area contributed by atoms with Gasteiger partial charge in [0.05, 0.1) is 34.5 Å². The van der Waals surface area contributed by atoms with Crippen LogP contribution in [-0.2, 0) is 17.7 Å². The lowest BCUT2D eigenvalue weighted by Crippen LogP contribution is -2.26. The fraction of sp³-hybridized carbons (Fsp3) is 0.350. The highest BCUT2D eigenvalue weighted by molar-refractivity contribution is 5.91. The van der Waals surface area contributed by atoms with E-state index in [2.05, 4.69) is 20.2 Å². The van der Waals surface area contributed by atoms with Gasteiger partial charge in [0, 0.05) is 25.4 Å². The van der Waals surface area contributed by atoms with Crippen LogP contribution >= 0.6 is 0 Å². The van der Waals surface area contributed by atoms with Crippen molar-refractivity contribution in [3.05, 3.63) is 57.1 Å². The van der Waals surface area contributed by atoms with Gasteiger partial charge in [-0.05, 0) is 31.0 Å². The van der Waals surface area contributed by atoms with Gasteiger partial charge in [0.1, 0.15) is 5.82 Å². The van der Waals surface area contributed by atoms with Crippen molar-refractivity contribution < 1.29 is 4.74 Å². The first-order chi connectivity index (χ1) is 14.1. The molecule has 1 atom stereocenters. The van der Waals surface area contributed by atoms with Crippen LogP contribution in [0.1, 0.15) is 25.6 Å². The number of hydrogen-bond donors (Lipinski definition) is 1. The van der Waals surface area contributed by atoms with E-state index >= 15 is 0 Å². The third-order valence-electron chi connectivity index (χ3n) is 5.31. The minimum absolute atomic E-state index is 0.0503. The molecule has 0 unspecified atom stereocenters. The van der Waals surface area contributed by atoms with Gasteiger partial charge in [0.25, 0.3) is 17.1 Å². The van der Waals surface area contributed by atoms with Crippen LogP contribution in [0, 0.1) is 0 Å². The summed E-state index contributed by atoms with van der Waals surface area (Å²) in [5.74, 6) is 0.971. The summed E-state index contributed by atoms with van der Waals surface area (Å²) < 4.78 is 8.64. The molecule has 1 saturated heterocycles. The molecule has 29 heavy (non-hydrogen) atoms. The Morgan fingerprint density at radius 2 is 1.93 bits per heavy atom. The van der Waals surface area contributed by atoms with Crippen LogP contribution in [-0.4, -0.2) is 42.0 Å². The van der Waals surface area contributed by atoms with E-state index in [1.807, 2.05) is 6.92 Å². The van der Waals surface area contributed by atoms with Gasteiger partial charge in [-0.15, -0.1) is 5.10 Å². The monoisotopic (exact) mass is 392 g/mol. The zero-order valence-electron chi connectivity index (χ0n) is 16.0. The van der Waals surface area contributed by atoms with E-state index in [4.69, 9.17) is 4.74 Å². The van der Waals surface area contributed by atoms with E-state index in [1.54, 1.807) is 35.2 Å². The van der Waals surface area contributed by atoms with Crippen LogP contribution < -0.4 is 11.1 Å². The zero-order valence-corrected chi connectivity index (χ0v) is 16.0. The number of nitrogens with one attached hydrogen (secondary N) is 1. The van der Waals surface area contributed by atoms with Gasteiger partial charge in [-0.3, -0.25) is 14.7 Å². The van der Waals surface area contributed by atoms with Crippen molar-refractivity contribution in [2.45, 2.75) is 38.8 Å². The summed E-state index contributed by atoms with van der Waals surface area (Å²) in [7, 11) is 0. The number of ether oxygens (including phenoxy) is 1. The molecule has 5 rings (SSSR count). The molecule has 4 aromatic heterocycles. The molecule has 9 nitrogen and oxygen atoms in total. The zero-order chi connectivity index (χ0) is 20.0. The van der Waals surface area contributed by atoms with Crippen molar-refractivity contribution >= 4 is 21.8 Å². The first-order valence-corrected chi connectivity index (χ1v) is 9.73. The lowest BCUT2D eigenvalue weighted by molar-refractivity contribution is 0.0963. The standard InChI is InChI=1S/C20H20N6O3/c1-2-17-22-20(24-23-17)26-8-6-16-14(19(26)28)10-13-15(21-16)5-7-25(18(13)27)11-12-4-3-9-29-12/h5-8,10,12H,2-4,9,11H2,1H3,(H,22,23,24)/t12-/m0/s1. The number of nitrogens with zero attached hydrogens (tertiary/aromatic N) is 5. The Morgan fingerprint density at radius 3 is 2.66 bits per heavy atom. The summed E-state index contributed by atoms with van der Waals surface area (Å²) in [6.07, 6.45) is 6.04. The molecule has 1 fully saturated rings. The number of fused-ring (bicyclic) bond motifs is 2. The molecule has 0 aromatic carbocycles. The highest BCUT2D eigenvalue weighted by Gasteiger charge is 2.18. The Kier molecular flexibility index (Phi) is 4.24. The van der Waals surface area contributed by atoms with E-state index < -0.39 is 0 Å². The minimum Gasteiger partial charge on any atom is -0.376 e. The van der Waals surface area contributed by atoms with E-state index in [-0.39, 0.29) is 23.2 Å². The molecule has 0 spiro atoms. The second-order valence-corrected chi connectivity index (χ2v) is 7.19. The second kappa shape index (κ2) is 6.93. The van der Waals surface area contributed by atoms with E-state index in [0.29, 0.717) is 40.6 Å². The Labute approximate surface area is 165 Å². The van der Waals surface area contributed by atoms with Gasteiger partial charge in [0.2, 0.25) is 0 Å². The Morgan fingerprint density at radius 1 is 1.14 bits per heavy atom. The maximum atomic E-state index is 13.0. The van der Waals surface area contributed by atoms with Crippen molar-refractivity contribution in [2.75, 3.05) is 6.61 Å². The van der Waals surface area contributed by atoms with E-state index in [0.717, 1.165) is 19.4 Å². The van der Waals surface area contributed by atoms with Crippen LogP contribution in [0.3, 0.4) is 0 Å². The number of H-pyrrole nitrogens is 1. The summed E-state index contributed by atoms with van der Waals surface area (Å²) in [6.45, 7) is 3.19. The number of pyridine rings is 3. The fourth-order valence-corrected chi connectivity index (χ4v) is 3.72. The number of aryl methyl sites for hydroxylation is 1. The number of rotatable bonds is 4. The van der Waals surface area contributed by atoms with Crippen LogP contribution in [0.25, 0.3) is 27.8 Å². The minimum atomic E-state index is -0.313. The molecule has 0 amide bonds. The van der Waals surface area contributed by atoms with E-state index in [9.17, 15) is 9.59 Å². The summed E-state index contributed by atoms with van der Waals surface area (Å²) in [6, 6.07) is 5.16. The topological polar surface area (TPSA) is 108 Å². The van der Waals surface area contributed by atoms with Crippen LogP contribution in [0.4, 0.5) is 0 Å². The fourth-order valence-electron chi connectivity index (χ4n) is 3.72. The molecule has 0 bridgehead atoms. The Hall–Kier alpha value is -3.33. The summed E-state index contributed by atoms with van der Waals surface area (Å²) >= 11 is 0. The first-order valence-electron chi connectivity index (χ1n) is 9.73. The SMILES string of the molecule is CCc1nc(-n2ccc3nc4ccn(C[C@@H]5CCCO5)c(=O)c4cc3c2=O)n[nH]1. The van der Waals surface area contributed by atoms with Crippen LogP contribution in [0.5, 0.6) is 0 Å². The largest absolute Gasteiger partial charge is 0.376 e. The summed E-state index contributed by atoms with van der Waals surface area (Å²) in [5.41, 5.74) is 0.608. The molecular formula is C20H20N6O3. The molecule has 0 aliphatic carbocycles. The van der Waals surface area contributed by atoms with Gasteiger partial charge in [-0.2, -0.15) is 4.98 Å². The number of hydrogen-bond acceptors (Lipinski definition) is 6.